The van der Waals surface area contributed by atoms with Crippen molar-refractivity contribution >= 4 is 11.9 Å². The van der Waals surface area contributed by atoms with Crippen molar-refractivity contribution in [1.82, 2.24) is 14.8 Å². The van der Waals surface area contributed by atoms with Gasteiger partial charge in [0.1, 0.15) is 11.7 Å². The number of fused-ring (bicyclic) bond motifs is 1. The second kappa shape index (κ2) is 5.64. The molecule has 0 fully saturated rings. The maximum atomic E-state index is 11.3. The number of hydrogen-bond acceptors (Lipinski definition) is 6. The summed E-state index contributed by atoms with van der Waals surface area (Å²) in [5, 5.41) is 26.2. The topological polar surface area (TPSA) is 110 Å². The van der Waals surface area contributed by atoms with Gasteiger partial charge in [-0.3, -0.25) is 0 Å². The summed E-state index contributed by atoms with van der Waals surface area (Å²) in [6, 6.07) is 4.39. The molecular formula is C15H16N4O4. The molecule has 3 rings (SSSR count). The van der Waals surface area contributed by atoms with Gasteiger partial charge in [-0.2, -0.15) is 10.1 Å². The number of allylic oxidation sites excluding steroid dienone is 1. The number of nitrogens with one attached hydrogen (secondary N) is 1. The molecule has 0 saturated carbocycles. The number of phenols is 1. The maximum Gasteiger partial charge on any atom is 0.352 e. The summed E-state index contributed by atoms with van der Waals surface area (Å²) in [6.07, 6.45) is 2.19. The average molecular weight is 316 g/mol. The minimum absolute atomic E-state index is 0.0145. The van der Waals surface area contributed by atoms with E-state index in [4.69, 9.17) is 4.74 Å². The minimum atomic E-state index is -1.08. The Hall–Kier alpha value is -3.03. The molecule has 0 spiro atoms. The standard InChI is InChI=1S/C15H16N4O4/c1-3-13-17-15-16-9(14(21)22)7-10(19(15)18-13)8-4-5-11(20)12(6-8)23-2/h4-7,10,20H,3H2,1-2H3,(H,21,22)(H,16,17,18)/t10-/m0/s1. The van der Waals surface area contributed by atoms with Gasteiger partial charge in [0.25, 0.3) is 0 Å². The number of aryl methyl sites for hydroxylation is 1. The van der Waals surface area contributed by atoms with E-state index in [2.05, 4.69) is 15.4 Å². The van der Waals surface area contributed by atoms with Gasteiger partial charge in [0.05, 0.1) is 7.11 Å². The van der Waals surface area contributed by atoms with Crippen molar-refractivity contribution in [1.29, 1.82) is 0 Å². The van der Waals surface area contributed by atoms with Gasteiger partial charge in [0.15, 0.2) is 17.3 Å². The van der Waals surface area contributed by atoms with E-state index in [-0.39, 0.29) is 11.4 Å². The Morgan fingerprint density at radius 3 is 2.91 bits per heavy atom. The van der Waals surface area contributed by atoms with E-state index in [0.29, 0.717) is 23.9 Å². The van der Waals surface area contributed by atoms with Crippen LogP contribution in [0.5, 0.6) is 11.5 Å². The fraction of sp³-hybridized carbons (Fsp3) is 0.267. The highest BCUT2D eigenvalue weighted by Gasteiger charge is 2.27. The predicted molar refractivity (Wildman–Crippen MR) is 81.5 cm³/mol. The highest BCUT2D eigenvalue weighted by Crippen LogP contribution is 2.34. The highest BCUT2D eigenvalue weighted by atomic mass is 16.5. The molecule has 1 aliphatic heterocycles. The largest absolute Gasteiger partial charge is 0.504 e. The first-order valence-electron chi connectivity index (χ1n) is 7.08. The summed E-state index contributed by atoms with van der Waals surface area (Å²) in [4.78, 5) is 15.6. The van der Waals surface area contributed by atoms with Gasteiger partial charge in [0.2, 0.25) is 5.95 Å². The van der Waals surface area contributed by atoms with E-state index >= 15 is 0 Å². The molecule has 0 amide bonds. The lowest BCUT2D eigenvalue weighted by molar-refractivity contribution is -0.132. The van der Waals surface area contributed by atoms with Crippen LogP contribution in [-0.4, -0.2) is 38.1 Å². The Labute approximate surface area is 132 Å². The Bertz CT molecular complexity index is 797. The van der Waals surface area contributed by atoms with E-state index in [1.54, 1.807) is 22.9 Å². The lowest BCUT2D eigenvalue weighted by Gasteiger charge is -2.22. The van der Waals surface area contributed by atoms with Crippen molar-refractivity contribution in [2.75, 3.05) is 12.4 Å². The second-order valence-corrected chi connectivity index (χ2v) is 5.04. The smallest absolute Gasteiger partial charge is 0.352 e. The highest BCUT2D eigenvalue weighted by molar-refractivity contribution is 5.90. The molecule has 8 heteroatoms. The molecule has 3 N–H and O–H groups in total. The molecule has 8 nitrogen and oxygen atoms in total. The monoisotopic (exact) mass is 316 g/mol. The molecule has 1 aliphatic rings. The van der Waals surface area contributed by atoms with E-state index in [1.807, 2.05) is 6.92 Å². The summed E-state index contributed by atoms with van der Waals surface area (Å²) < 4.78 is 6.74. The number of anilines is 1. The van der Waals surface area contributed by atoms with Crippen LogP contribution in [0.25, 0.3) is 0 Å². The first-order valence-corrected chi connectivity index (χ1v) is 7.08. The number of carbonyl (C=O) groups is 1. The molecule has 1 aromatic carbocycles. The number of aromatic nitrogens is 3. The van der Waals surface area contributed by atoms with Crippen LogP contribution >= 0.6 is 0 Å². The van der Waals surface area contributed by atoms with Crippen LogP contribution in [0, 0.1) is 0 Å². The van der Waals surface area contributed by atoms with Crippen LogP contribution in [0.1, 0.15) is 24.4 Å². The second-order valence-electron chi connectivity index (χ2n) is 5.04. The van der Waals surface area contributed by atoms with E-state index < -0.39 is 12.0 Å². The van der Waals surface area contributed by atoms with Crippen molar-refractivity contribution in [3.05, 3.63) is 41.4 Å². The first-order chi connectivity index (χ1) is 11.0. The van der Waals surface area contributed by atoms with Crippen molar-refractivity contribution in [3.8, 4) is 11.5 Å². The van der Waals surface area contributed by atoms with Gasteiger partial charge in [-0.15, -0.1) is 0 Å². The number of carboxylic acid groups (broad SMARTS) is 1. The van der Waals surface area contributed by atoms with Crippen LogP contribution < -0.4 is 10.1 Å². The number of phenolic OH excluding ortho intramolecular Hbond substituents is 1. The molecular weight excluding hydrogens is 300 g/mol. The number of carboxylic acids is 1. The number of ether oxygens (including phenoxy) is 1. The Morgan fingerprint density at radius 1 is 1.48 bits per heavy atom. The van der Waals surface area contributed by atoms with Crippen LogP contribution in [-0.2, 0) is 11.2 Å². The fourth-order valence-electron chi connectivity index (χ4n) is 2.43. The zero-order valence-corrected chi connectivity index (χ0v) is 12.6. The molecule has 23 heavy (non-hydrogen) atoms. The lowest BCUT2D eigenvalue weighted by atomic mass is 10.0. The first kappa shape index (κ1) is 14.9. The van der Waals surface area contributed by atoms with E-state index in [0.717, 1.165) is 5.56 Å². The van der Waals surface area contributed by atoms with Gasteiger partial charge < -0.3 is 20.3 Å². The number of methoxy groups -OCH3 is 1. The van der Waals surface area contributed by atoms with Crippen LogP contribution in [0.3, 0.4) is 0 Å². The predicted octanol–water partition coefficient (Wildman–Crippen LogP) is 1.54. The van der Waals surface area contributed by atoms with Crippen molar-refractivity contribution in [3.63, 3.8) is 0 Å². The van der Waals surface area contributed by atoms with Crippen molar-refractivity contribution in [2.24, 2.45) is 0 Å². The number of rotatable bonds is 4. The third-order valence-electron chi connectivity index (χ3n) is 3.60. The van der Waals surface area contributed by atoms with Crippen molar-refractivity contribution in [2.45, 2.75) is 19.4 Å². The lowest BCUT2D eigenvalue weighted by Crippen LogP contribution is -2.24. The third kappa shape index (κ3) is 2.59. The molecule has 2 heterocycles. The molecule has 1 atom stereocenters. The zero-order valence-electron chi connectivity index (χ0n) is 12.6. The molecule has 0 unspecified atom stereocenters. The van der Waals surface area contributed by atoms with Gasteiger partial charge in [-0.25, -0.2) is 9.48 Å². The van der Waals surface area contributed by atoms with Crippen LogP contribution in [0.4, 0.5) is 5.95 Å². The quantitative estimate of drug-likeness (QED) is 0.784. The SMILES string of the molecule is CCc1nc2n(n1)[C@H](c1ccc(O)c(OC)c1)C=C(C(=O)O)N2. The molecule has 0 bridgehead atoms. The summed E-state index contributed by atoms with van der Waals surface area (Å²) in [5.41, 5.74) is 0.762. The Balaban J connectivity index is 2.12. The molecule has 2 aromatic rings. The number of aliphatic carboxylic acids is 1. The molecule has 120 valence electrons. The van der Waals surface area contributed by atoms with Crippen LogP contribution in [0.15, 0.2) is 30.0 Å². The van der Waals surface area contributed by atoms with E-state index in [1.165, 1.54) is 13.2 Å². The summed E-state index contributed by atoms with van der Waals surface area (Å²) >= 11 is 0. The van der Waals surface area contributed by atoms with Crippen LogP contribution in [0.2, 0.25) is 0 Å². The molecule has 0 saturated heterocycles. The van der Waals surface area contributed by atoms with E-state index in [9.17, 15) is 15.0 Å². The molecule has 0 radical (unpaired) electrons. The zero-order chi connectivity index (χ0) is 16.6. The van der Waals surface area contributed by atoms with Gasteiger partial charge in [0, 0.05) is 6.42 Å². The number of benzene rings is 1. The number of aromatic hydroxyl groups is 1. The summed E-state index contributed by atoms with van der Waals surface area (Å²) in [5.74, 6) is 0.236. The number of hydrogen-bond donors (Lipinski definition) is 3. The maximum absolute atomic E-state index is 11.3. The molecule has 0 aliphatic carbocycles. The summed E-state index contributed by atoms with van der Waals surface area (Å²) in [6.45, 7) is 1.92. The normalized spacial score (nSPS) is 16.3. The Kier molecular flexibility index (Phi) is 3.65. The third-order valence-corrected chi connectivity index (χ3v) is 3.60. The van der Waals surface area contributed by atoms with Gasteiger partial charge in [-0.05, 0) is 23.8 Å². The Morgan fingerprint density at radius 2 is 2.26 bits per heavy atom. The molecule has 1 aromatic heterocycles. The van der Waals surface area contributed by atoms with Gasteiger partial charge in [-0.1, -0.05) is 13.0 Å². The van der Waals surface area contributed by atoms with Gasteiger partial charge >= 0.3 is 5.97 Å². The summed E-state index contributed by atoms with van der Waals surface area (Å²) in [7, 11) is 1.45. The average Bonchev–Trinajstić information content (AvgIpc) is 2.97. The van der Waals surface area contributed by atoms with Crippen molar-refractivity contribution < 1.29 is 19.7 Å². The number of nitrogens with zero attached hydrogens (tertiary/aromatic N) is 3. The fourth-order valence-corrected chi connectivity index (χ4v) is 2.43. The minimum Gasteiger partial charge on any atom is -0.504 e.